The standard InChI is InChI=1S/C7H18N2O3S/c1-8(2)4-5-9(3)13(11,12)7-6-10/h10H,4-7H2,1-3H3. The van der Waals surface area contributed by atoms with Crippen molar-refractivity contribution >= 4 is 10.0 Å². The zero-order valence-electron chi connectivity index (χ0n) is 8.39. The predicted octanol–water partition coefficient (Wildman–Crippen LogP) is -1.20. The molecule has 0 fully saturated rings. The summed E-state index contributed by atoms with van der Waals surface area (Å²) in [5.74, 6) is -0.197. The lowest BCUT2D eigenvalue weighted by molar-refractivity contribution is 0.313. The Balaban J connectivity index is 4.02. The maximum absolute atomic E-state index is 11.3. The molecule has 6 heteroatoms. The largest absolute Gasteiger partial charge is 0.395 e. The highest BCUT2D eigenvalue weighted by atomic mass is 32.2. The maximum atomic E-state index is 11.3. The lowest BCUT2D eigenvalue weighted by atomic mass is 10.6. The van der Waals surface area contributed by atoms with Gasteiger partial charge in [0, 0.05) is 20.1 Å². The number of rotatable bonds is 6. The van der Waals surface area contributed by atoms with E-state index in [1.807, 2.05) is 19.0 Å². The van der Waals surface area contributed by atoms with Crippen molar-refractivity contribution in [2.75, 3.05) is 46.6 Å². The monoisotopic (exact) mass is 210 g/mol. The van der Waals surface area contributed by atoms with Crippen LogP contribution in [0.1, 0.15) is 0 Å². The topological polar surface area (TPSA) is 60.9 Å². The fraction of sp³-hybridized carbons (Fsp3) is 1.00. The molecule has 1 N–H and O–H groups in total. The Bertz CT molecular complexity index is 226. The third kappa shape index (κ3) is 5.20. The van der Waals surface area contributed by atoms with E-state index in [2.05, 4.69) is 0 Å². The molecule has 80 valence electrons. The van der Waals surface area contributed by atoms with Crippen molar-refractivity contribution in [1.29, 1.82) is 0 Å². The summed E-state index contributed by atoms with van der Waals surface area (Å²) in [6.45, 7) is 0.811. The first kappa shape index (κ1) is 12.8. The number of hydrogen-bond donors (Lipinski definition) is 1. The minimum atomic E-state index is -3.25. The smallest absolute Gasteiger partial charge is 0.216 e. The highest BCUT2D eigenvalue weighted by molar-refractivity contribution is 7.89. The fourth-order valence-electron chi connectivity index (χ4n) is 0.751. The first-order valence-corrected chi connectivity index (χ1v) is 5.70. The normalized spacial score (nSPS) is 12.8. The van der Waals surface area contributed by atoms with Gasteiger partial charge in [0.1, 0.15) is 0 Å². The van der Waals surface area contributed by atoms with Gasteiger partial charge in [0.05, 0.1) is 12.4 Å². The highest BCUT2D eigenvalue weighted by Gasteiger charge is 2.16. The summed E-state index contributed by atoms with van der Waals surface area (Å²) in [5, 5.41) is 8.51. The molecule has 0 spiro atoms. The van der Waals surface area contributed by atoms with Crippen molar-refractivity contribution in [3.8, 4) is 0 Å². The van der Waals surface area contributed by atoms with Crippen molar-refractivity contribution in [1.82, 2.24) is 9.21 Å². The summed E-state index contributed by atoms with van der Waals surface area (Å²) in [7, 11) is 2.04. The lowest BCUT2D eigenvalue weighted by Crippen LogP contribution is -2.35. The molecule has 0 aliphatic carbocycles. The summed E-state index contributed by atoms with van der Waals surface area (Å²) in [4.78, 5) is 1.91. The van der Waals surface area contributed by atoms with Gasteiger partial charge in [-0.3, -0.25) is 0 Å². The van der Waals surface area contributed by atoms with Gasteiger partial charge in [0.25, 0.3) is 0 Å². The van der Waals surface area contributed by atoms with Crippen molar-refractivity contribution in [2.45, 2.75) is 0 Å². The van der Waals surface area contributed by atoms with E-state index in [-0.39, 0.29) is 12.4 Å². The van der Waals surface area contributed by atoms with Crippen molar-refractivity contribution in [3.63, 3.8) is 0 Å². The third-order valence-corrected chi connectivity index (χ3v) is 3.52. The second kappa shape index (κ2) is 5.54. The van der Waals surface area contributed by atoms with Gasteiger partial charge < -0.3 is 10.0 Å². The van der Waals surface area contributed by atoms with Crippen molar-refractivity contribution in [3.05, 3.63) is 0 Å². The van der Waals surface area contributed by atoms with E-state index >= 15 is 0 Å². The van der Waals surface area contributed by atoms with Gasteiger partial charge in [-0.05, 0) is 14.1 Å². The summed E-state index contributed by atoms with van der Waals surface area (Å²) < 4.78 is 23.8. The minimum absolute atomic E-state index is 0.197. The molecule has 13 heavy (non-hydrogen) atoms. The van der Waals surface area contributed by atoms with Crippen LogP contribution in [0.15, 0.2) is 0 Å². The Morgan fingerprint density at radius 1 is 1.15 bits per heavy atom. The minimum Gasteiger partial charge on any atom is -0.395 e. The second-order valence-electron chi connectivity index (χ2n) is 3.16. The molecule has 0 bridgehead atoms. The van der Waals surface area contributed by atoms with Crippen molar-refractivity contribution < 1.29 is 13.5 Å². The highest BCUT2D eigenvalue weighted by Crippen LogP contribution is 1.96. The fourth-order valence-corrected chi connectivity index (χ4v) is 1.65. The molecular weight excluding hydrogens is 192 g/mol. The van der Waals surface area contributed by atoms with Crippen LogP contribution in [0.2, 0.25) is 0 Å². The Morgan fingerprint density at radius 3 is 2.08 bits per heavy atom. The van der Waals surface area contributed by atoms with Gasteiger partial charge >= 0.3 is 0 Å². The molecular formula is C7H18N2O3S. The Morgan fingerprint density at radius 2 is 1.69 bits per heavy atom. The number of hydrogen-bond acceptors (Lipinski definition) is 4. The third-order valence-electron chi connectivity index (χ3n) is 1.69. The van der Waals surface area contributed by atoms with E-state index in [1.165, 1.54) is 11.4 Å². The molecule has 0 amide bonds. The molecule has 0 rings (SSSR count). The van der Waals surface area contributed by atoms with Gasteiger partial charge in [0.2, 0.25) is 10.0 Å². The Labute approximate surface area is 80.0 Å². The van der Waals surface area contributed by atoms with Gasteiger partial charge in [-0.2, -0.15) is 0 Å². The van der Waals surface area contributed by atoms with Crippen molar-refractivity contribution in [2.24, 2.45) is 0 Å². The van der Waals surface area contributed by atoms with Crippen LogP contribution < -0.4 is 0 Å². The first-order valence-electron chi connectivity index (χ1n) is 4.09. The number of nitrogens with zero attached hydrogens (tertiary/aromatic N) is 2. The van der Waals surface area contributed by atoms with E-state index in [9.17, 15) is 8.42 Å². The lowest BCUT2D eigenvalue weighted by Gasteiger charge is -2.18. The molecule has 0 aliphatic heterocycles. The number of likely N-dealkylation sites (N-methyl/N-ethyl adjacent to an activating group) is 2. The van der Waals surface area contributed by atoms with Crippen LogP contribution in [0.25, 0.3) is 0 Å². The Hall–Kier alpha value is -0.170. The van der Waals surface area contributed by atoms with E-state index in [0.29, 0.717) is 13.1 Å². The number of aliphatic hydroxyl groups excluding tert-OH is 1. The molecule has 0 atom stereocenters. The van der Waals surface area contributed by atoms with Crippen LogP contribution in [0, 0.1) is 0 Å². The molecule has 5 nitrogen and oxygen atoms in total. The SMILES string of the molecule is CN(C)CCN(C)S(=O)(=O)CCO. The van der Waals surface area contributed by atoms with Crippen LogP contribution in [0.4, 0.5) is 0 Å². The van der Waals surface area contributed by atoms with Crippen LogP contribution in [0.5, 0.6) is 0 Å². The second-order valence-corrected chi connectivity index (χ2v) is 5.36. The predicted molar refractivity (Wildman–Crippen MR) is 52.1 cm³/mol. The average molecular weight is 210 g/mol. The van der Waals surface area contributed by atoms with Crippen LogP contribution in [-0.4, -0.2) is 69.3 Å². The van der Waals surface area contributed by atoms with E-state index in [4.69, 9.17) is 5.11 Å². The average Bonchev–Trinajstić information content (AvgIpc) is 1.99. The summed E-state index contributed by atoms with van der Waals surface area (Å²) in [6, 6.07) is 0. The number of aliphatic hydroxyl groups is 1. The zero-order valence-corrected chi connectivity index (χ0v) is 9.21. The molecule has 0 aromatic carbocycles. The molecule has 0 unspecified atom stereocenters. The van der Waals surface area contributed by atoms with Gasteiger partial charge in [-0.1, -0.05) is 0 Å². The van der Waals surface area contributed by atoms with Gasteiger partial charge in [0.15, 0.2) is 0 Å². The summed E-state index contributed by atoms with van der Waals surface area (Å²) >= 11 is 0. The van der Waals surface area contributed by atoms with Gasteiger partial charge in [-0.15, -0.1) is 0 Å². The molecule has 0 aromatic rings. The molecule has 0 saturated heterocycles. The summed E-state index contributed by atoms with van der Waals surface area (Å²) in [6.07, 6.45) is 0. The van der Waals surface area contributed by atoms with E-state index in [0.717, 1.165) is 0 Å². The van der Waals surface area contributed by atoms with Crippen LogP contribution in [-0.2, 0) is 10.0 Å². The number of sulfonamides is 1. The molecule has 0 aromatic heterocycles. The quantitative estimate of drug-likeness (QED) is 0.598. The summed E-state index contributed by atoms with van der Waals surface area (Å²) in [5.41, 5.74) is 0. The molecule has 0 heterocycles. The Kier molecular flexibility index (Phi) is 5.46. The van der Waals surface area contributed by atoms with Crippen LogP contribution in [0.3, 0.4) is 0 Å². The maximum Gasteiger partial charge on any atom is 0.216 e. The molecule has 0 radical (unpaired) electrons. The van der Waals surface area contributed by atoms with E-state index in [1.54, 1.807) is 0 Å². The molecule has 0 saturated carbocycles. The zero-order chi connectivity index (χ0) is 10.5. The van der Waals surface area contributed by atoms with Gasteiger partial charge in [-0.25, -0.2) is 12.7 Å². The first-order chi connectivity index (χ1) is 5.90. The van der Waals surface area contributed by atoms with Crippen LogP contribution >= 0.6 is 0 Å². The molecule has 0 aliphatic rings. The van der Waals surface area contributed by atoms with E-state index < -0.39 is 10.0 Å².